The summed E-state index contributed by atoms with van der Waals surface area (Å²) in [6.45, 7) is 0.207. The second-order valence-corrected chi connectivity index (χ2v) is 7.52. The number of nitrogens with one attached hydrogen (secondary N) is 3. The van der Waals surface area contributed by atoms with Crippen LogP contribution < -0.4 is 20.6 Å². The van der Waals surface area contributed by atoms with E-state index in [1.54, 1.807) is 18.3 Å². The highest BCUT2D eigenvalue weighted by molar-refractivity contribution is 7.80. The fourth-order valence-electron chi connectivity index (χ4n) is 2.42. The first-order valence-corrected chi connectivity index (χ1v) is 10.1. The summed E-state index contributed by atoms with van der Waals surface area (Å²) in [5.41, 5.74) is 5.34. The number of ether oxygens (including phenoxy) is 1. The van der Waals surface area contributed by atoms with Crippen molar-refractivity contribution in [2.45, 2.75) is 6.61 Å². The summed E-state index contributed by atoms with van der Waals surface area (Å²) in [6.07, 6.45) is 1.77. The lowest BCUT2D eigenvalue weighted by Gasteiger charge is -2.10. The number of hydrogen-bond donors (Lipinski definition) is 3. The van der Waals surface area contributed by atoms with E-state index in [4.69, 9.17) is 51.8 Å². The van der Waals surface area contributed by atoms with Gasteiger partial charge in [-0.3, -0.25) is 0 Å². The van der Waals surface area contributed by atoms with Crippen LogP contribution in [0.2, 0.25) is 15.1 Å². The van der Waals surface area contributed by atoms with Crippen LogP contribution in [0, 0.1) is 0 Å². The summed E-state index contributed by atoms with van der Waals surface area (Å²) in [7, 11) is 0. The third-order valence-corrected chi connectivity index (χ3v) is 5.24. The van der Waals surface area contributed by atoms with Gasteiger partial charge in [-0.05, 0) is 54.7 Å². The largest absolute Gasteiger partial charge is 0.489 e. The van der Waals surface area contributed by atoms with Gasteiger partial charge in [0, 0.05) is 21.8 Å². The second-order valence-electron chi connectivity index (χ2n) is 5.92. The van der Waals surface area contributed by atoms with Gasteiger partial charge in [0.15, 0.2) is 6.21 Å². The van der Waals surface area contributed by atoms with Crippen molar-refractivity contribution >= 4 is 64.0 Å². The molecule has 0 aromatic heterocycles. The third-order valence-electron chi connectivity index (χ3n) is 3.84. The topological polar surface area (TPSA) is 47.3 Å². The van der Waals surface area contributed by atoms with Gasteiger partial charge >= 0.3 is 0 Å². The number of thiocarbonyl (C=S) groups is 1. The van der Waals surface area contributed by atoms with E-state index in [-0.39, 0.29) is 6.61 Å². The highest BCUT2D eigenvalue weighted by Crippen LogP contribution is 2.32. The summed E-state index contributed by atoms with van der Waals surface area (Å²) in [4.78, 5) is 0. The molecule has 0 atom stereocenters. The Morgan fingerprint density at radius 1 is 0.966 bits per heavy atom. The monoisotopic (exact) mass is 464 g/mol. The molecule has 0 bridgehead atoms. The van der Waals surface area contributed by atoms with E-state index in [0.29, 0.717) is 31.5 Å². The van der Waals surface area contributed by atoms with Crippen molar-refractivity contribution in [3.05, 3.63) is 92.9 Å². The van der Waals surface area contributed by atoms with Gasteiger partial charge in [0.25, 0.3) is 0 Å². The zero-order valence-electron chi connectivity index (χ0n) is 15.1. The molecule has 0 aliphatic carbocycles. The first-order chi connectivity index (χ1) is 14.0. The zero-order chi connectivity index (χ0) is 20.6. The molecule has 3 aromatic rings. The molecule has 3 rings (SSSR count). The molecular weight excluding hydrogens is 449 g/mol. The van der Waals surface area contributed by atoms with Gasteiger partial charge in [0.2, 0.25) is 5.11 Å². The molecule has 0 saturated carbocycles. The number of hydrazone groups is 1. The van der Waals surface area contributed by atoms with Crippen LogP contribution in [0.1, 0.15) is 11.1 Å². The van der Waals surface area contributed by atoms with Crippen molar-refractivity contribution in [3.8, 4) is 5.75 Å². The quantitative estimate of drug-likeness (QED) is 0.215. The maximum atomic E-state index is 6.21. The lowest BCUT2D eigenvalue weighted by atomic mass is 10.2. The Hall–Kier alpha value is -2.31. The number of rotatable bonds is 6. The summed E-state index contributed by atoms with van der Waals surface area (Å²) in [5.74, 6) is 0.664. The molecule has 0 aliphatic rings. The van der Waals surface area contributed by atoms with Gasteiger partial charge in [-0.1, -0.05) is 59.1 Å². The molecule has 0 spiro atoms. The van der Waals surface area contributed by atoms with Gasteiger partial charge < -0.3 is 10.1 Å². The van der Waals surface area contributed by atoms with E-state index in [9.17, 15) is 0 Å². The molecule has 0 radical (unpaired) electrons. The molecule has 4 nitrogen and oxygen atoms in total. The number of benzene rings is 3. The SMILES string of the molecule is S=C(N[NH+]=Cc1cccc(OCc2c(Cl)ccc(Cl)c2Cl)c1)Nc1ccccc1. The maximum Gasteiger partial charge on any atom is 0.228 e. The van der Waals surface area contributed by atoms with Crippen LogP contribution in [0.4, 0.5) is 5.69 Å². The third kappa shape index (κ3) is 6.34. The molecule has 29 heavy (non-hydrogen) atoms. The van der Waals surface area contributed by atoms with Crippen LogP contribution >= 0.6 is 47.0 Å². The summed E-state index contributed by atoms with van der Waals surface area (Å²) in [6, 6.07) is 20.5. The predicted molar refractivity (Wildman–Crippen MR) is 124 cm³/mol. The molecule has 3 aromatic carbocycles. The zero-order valence-corrected chi connectivity index (χ0v) is 18.2. The Morgan fingerprint density at radius 3 is 2.52 bits per heavy atom. The van der Waals surface area contributed by atoms with Gasteiger partial charge in [-0.2, -0.15) is 0 Å². The summed E-state index contributed by atoms with van der Waals surface area (Å²) in [5, 5.41) is 7.81. The van der Waals surface area contributed by atoms with Crippen molar-refractivity contribution in [3.63, 3.8) is 0 Å². The highest BCUT2D eigenvalue weighted by atomic mass is 35.5. The minimum absolute atomic E-state index is 0.207. The molecule has 0 heterocycles. The van der Waals surface area contributed by atoms with Crippen LogP contribution in [0.5, 0.6) is 5.75 Å². The molecular formula is C21H17Cl3N3OS+. The van der Waals surface area contributed by atoms with Gasteiger partial charge in [0.05, 0.1) is 10.0 Å². The van der Waals surface area contributed by atoms with Gasteiger partial charge in [-0.15, -0.1) is 10.5 Å². The minimum atomic E-state index is 0.207. The normalized spacial score (nSPS) is 10.7. The van der Waals surface area contributed by atoms with Crippen LogP contribution in [-0.2, 0) is 6.61 Å². The molecule has 0 fully saturated rings. The van der Waals surface area contributed by atoms with E-state index >= 15 is 0 Å². The van der Waals surface area contributed by atoms with Crippen molar-refractivity contribution < 1.29 is 9.84 Å². The number of hydrazine groups is 1. The molecule has 0 unspecified atom stereocenters. The first kappa shape index (κ1) is 21.4. The molecule has 148 valence electrons. The van der Waals surface area contributed by atoms with Crippen LogP contribution in [0.3, 0.4) is 0 Å². The summed E-state index contributed by atoms with van der Waals surface area (Å²) >= 11 is 23.7. The fraction of sp³-hybridized carbons (Fsp3) is 0.0476. The van der Waals surface area contributed by atoms with Crippen LogP contribution in [0.15, 0.2) is 66.7 Å². The standard InChI is InChI=1S/C21H16Cl3N3OS/c22-18-9-10-19(23)20(24)17(18)13-28-16-8-4-5-14(11-16)12-25-27-21(29)26-15-6-2-1-3-7-15/h1-12H,13H2,(H2,26,27,29)/p+1. The van der Waals surface area contributed by atoms with E-state index in [0.717, 1.165) is 11.3 Å². The second kappa shape index (κ2) is 10.5. The Labute approximate surface area is 189 Å². The Kier molecular flexibility index (Phi) is 7.72. The van der Waals surface area contributed by atoms with E-state index in [1.807, 2.05) is 54.6 Å². The van der Waals surface area contributed by atoms with Crippen molar-refractivity contribution in [2.75, 3.05) is 5.32 Å². The Morgan fingerprint density at radius 2 is 1.72 bits per heavy atom. The minimum Gasteiger partial charge on any atom is -0.489 e. The number of halogens is 3. The van der Waals surface area contributed by atoms with Crippen molar-refractivity contribution in [2.24, 2.45) is 0 Å². The van der Waals surface area contributed by atoms with Gasteiger partial charge in [-0.25, -0.2) is 0 Å². The first-order valence-electron chi connectivity index (χ1n) is 8.59. The number of para-hydroxylation sites is 1. The van der Waals surface area contributed by atoms with E-state index < -0.39 is 0 Å². The lowest BCUT2D eigenvalue weighted by molar-refractivity contribution is -0.499. The molecule has 0 amide bonds. The van der Waals surface area contributed by atoms with E-state index in [1.165, 1.54) is 0 Å². The van der Waals surface area contributed by atoms with Crippen molar-refractivity contribution in [1.82, 2.24) is 5.43 Å². The average molecular weight is 466 g/mol. The van der Waals surface area contributed by atoms with Crippen molar-refractivity contribution in [1.29, 1.82) is 0 Å². The smallest absolute Gasteiger partial charge is 0.228 e. The molecule has 8 heteroatoms. The number of anilines is 1. The highest BCUT2D eigenvalue weighted by Gasteiger charge is 2.10. The predicted octanol–water partition coefficient (Wildman–Crippen LogP) is 4.63. The van der Waals surface area contributed by atoms with Gasteiger partial charge in [0.1, 0.15) is 12.4 Å². The Balaban J connectivity index is 1.57. The molecule has 0 aliphatic heterocycles. The maximum absolute atomic E-state index is 6.21. The summed E-state index contributed by atoms with van der Waals surface area (Å²) < 4.78 is 5.82. The Bertz CT molecular complexity index is 1030. The molecule has 0 saturated heterocycles. The number of hydrogen-bond acceptors (Lipinski definition) is 2. The average Bonchev–Trinajstić information content (AvgIpc) is 2.72. The fourth-order valence-corrected chi connectivity index (χ4v) is 3.25. The van der Waals surface area contributed by atoms with Crippen LogP contribution in [0.25, 0.3) is 0 Å². The van der Waals surface area contributed by atoms with E-state index in [2.05, 4.69) is 15.8 Å². The molecule has 3 N–H and O–H groups in total. The lowest BCUT2D eigenvalue weighted by Crippen LogP contribution is -2.82. The van der Waals surface area contributed by atoms with Crippen LogP contribution in [-0.4, -0.2) is 11.3 Å².